The van der Waals surface area contributed by atoms with E-state index in [1.165, 1.54) is 24.6 Å². The summed E-state index contributed by atoms with van der Waals surface area (Å²) in [6.45, 7) is 11.1. The molecule has 0 spiro atoms. The van der Waals surface area contributed by atoms with Crippen LogP contribution in [0.5, 0.6) is 11.5 Å². The third-order valence-electron chi connectivity index (χ3n) is 9.66. The Morgan fingerprint density at radius 3 is 2.23 bits per heavy atom. The minimum absolute atomic E-state index is 0.0577. The first kappa shape index (κ1) is 46.8. The second-order valence-electron chi connectivity index (χ2n) is 15.2. The van der Waals surface area contributed by atoms with Gasteiger partial charge >= 0.3 is 5.97 Å². The molecular weight excluding hydrogens is 769 g/mol. The van der Waals surface area contributed by atoms with Crippen molar-refractivity contribution in [3.8, 4) is 11.5 Å². The number of hydrogen-bond acceptors (Lipinski definition) is 12. The topological polar surface area (TPSA) is 231 Å². The molecule has 0 aliphatic carbocycles. The van der Waals surface area contributed by atoms with Crippen LogP contribution >= 0.6 is 0 Å². The Bertz CT molecular complexity index is 2070. The van der Waals surface area contributed by atoms with Crippen molar-refractivity contribution >= 4 is 35.4 Å². The maximum Gasteiger partial charge on any atom is 0.337 e. The number of phenolic OH excluding ortho intramolecular Hbond substituents is 1. The zero-order valence-electron chi connectivity index (χ0n) is 34.7. The lowest BCUT2D eigenvalue weighted by Gasteiger charge is -2.28. The van der Waals surface area contributed by atoms with Crippen LogP contribution < -0.4 is 21.2 Å². The highest BCUT2D eigenvalue weighted by Crippen LogP contribution is 2.24. The predicted molar refractivity (Wildman–Crippen MR) is 232 cm³/mol. The van der Waals surface area contributed by atoms with E-state index in [1.807, 2.05) is 43.0 Å². The Kier molecular flexibility index (Phi) is 18.0. The number of β-amino-alcohol motifs (C(OH)–C–C–N with tert-alkyl or cyclic N) is 1. The third kappa shape index (κ3) is 15.4. The molecule has 1 saturated heterocycles. The summed E-state index contributed by atoms with van der Waals surface area (Å²) in [5, 5.41) is 54.8. The van der Waals surface area contributed by atoms with Gasteiger partial charge in [0.1, 0.15) is 24.2 Å². The van der Waals surface area contributed by atoms with E-state index >= 15 is 0 Å². The number of carboxylic acid groups (broad SMARTS) is 1. The molecule has 5 rings (SSSR count). The summed E-state index contributed by atoms with van der Waals surface area (Å²) < 4.78 is 5.90. The summed E-state index contributed by atoms with van der Waals surface area (Å²) in [5.41, 5.74) is 12.6. The molecule has 9 N–H and O–H groups in total. The summed E-state index contributed by atoms with van der Waals surface area (Å²) in [7, 11) is 0. The first-order chi connectivity index (χ1) is 28.6. The average Bonchev–Trinajstić information content (AvgIpc) is 3.19. The fourth-order valence-corrected chi connectivity index (χ4v) is 6.61. The number of carbonyl (C=O) groups excluding carboxylic acids is 2. The number of aliphatic hydroxyl groups excluding tert-OH is 3. The number of nitrogens with one attached hydrogen (secondary N) is 2. The van der Waals surface area contributed by atoms with Crippen molar-refractivity contribution in [2.75, 3.05) is 50.4 Å². The van der Waals surface area contributed by atoms with Crippen molar-refractivity contribution in [2.24, 2.45) is 5.10 Å². The first-order valence-corrected chi connectivity index (χ1v) is 20.0. The van der Waals surface area contributed by atoms with E-state index in [4.69, 9.17) is 20.7 Å². The molecule has 15 nitrogen and oxygen atoms in total. The van der Waals surface area contributed by atoms with E-state index in [0.29, 0.717) is 37.5 Å². The molecule has 4 aromatic rings. The highest BCUT2D eigenvalue weighted by atomic mass is 16.5. The molecule has 15 heteroatoms. The number of phenols is 1. The Morgan fingerprint density at radius 1 is 0.867 bits per heavy atom. The van der Waals surface area contributed by atoms with Gasteiger partial charge in [-0.05, 0) is 124 Å². The van der Waals surface area contributed by atoms with Crippen molar-refractivity contribution in [3.63, 3.8) is 0 Å². The molecule has 4 aromatic carbocycles. The molecule has 0 saturated carbocycles. The van der Waals surface area contributed by atoms with Gasteiger partial charge in [-0.25, -0.2) is 10.2 Å². The van der Waals surface area contributed by atoms with Gasteiger partial charge in [-0.1, -0.05) is 36.8 Å². The molecular formula is C45H58N6O9. The summed E-state index contributed by atoms with van der Waals surface area (Å²) in [5.74, 6) is -1.83. The van der Waals surface area contributed by atoms with Gasteiger partial charge in [-0.15, -0.1) is 0 Å². The van der Waals surface area contributed by atoms with Gasteiger partial charge in [0.25, 0.3) is 11.8 Å². The van der Waals surface area contributed by atoms with Gasteiger partial charge in [0, 0.05) is 37.4 Å². The Labute approximate surface area is 351 Å². The van der Waals surface area contributed by atoms with Crippen molar-refractivity contribution in [2.45, 2.75) is 71.8 Å². The van der Waals surface area contributed by atoms with Crippen molar-refractivity contribution < 1.29 is 44.7 Å². The van der Waals surface area contributed by atoms with Gasteiger partial charge in [0.15, 0.2) is 0 Å². The van der Waals surface area contributed by atoms with E-state index < -0.39 is 36.1 Å². The number of aromatic hydroxyl groups is 1. The fourth-order valence-electron chi connectivity index (χ4n) is 6.61. The maximum absolute atomic E-state index is 13.5. The highest BCUT2D eigenvalue weighted by Gasteiger charge is 2.19. The van der Waals surface area contributed by atoms with Crippen molar-refractivity contribution in [1.29, 1.82) is 0 Å². The maximum atomic E-state index is 13.5. The van der Waals surface area contributed by atoms with Gasteiger partial charge < -0.3 is 46.2 Å². The van der Waals surface area contributed by atoms with Crippen LogP contribution in [0.1, 0.15) is 86.4 Å². The Morgan fingerprint density at radius 2 is 1.58 bits per heavy atom. The second kappa shape index (κ2) is 23.1. The molecule has 1 heterocycles. The number of likely N-dealkylation sites (tertiary alicyclic amines) is 1. The molecule has 0 radical (unpaired) electrons. The number of piperidine rings is 1. The van der Waals surface area contributed by atoms with Crippen LogP contribution in [0.25, 0.3) is 0 Å². The number of ether oxygens (including phenoxy) is 1. The number of nitrogens with two attached hydrogens (primary N) is 1. The predicted octanol–water partition coefficient (Wildman–Crippen LogP) is 4.78. The van der Waals surface area contributed by atoms with E-state index in [-0.39, 0.29) is 34.9 Å². The van der Waals surface area contributed by atoms with E-state index in [1.54, 1.807) is 50.4 Å². The summed E-state index contributed by atoms with van der Waals surface area (Å²) in [6.07, 6.45) is 3.17. The zero-order valence-corrected chi connectivity index (χ0v) is 34.7. The van der Waals surface area contributed by atoms with Crippen LogP contribution in [-0.2, 0) is 6.54 Å². The number of hydrogen-bond donors (Lipinski definition) is 8. The molecule has 3 atom stereocenters. The molecule has 322 valence electrons. The van der Waals surface area contributed by atoms with Gasteiger partial charge in [-0.2, -0.15) is 5.10 Å². The monoisotopic (exact) mass is 826 g/mol. The van der Waals surface area contributed by atoms with E-state index in [0.717, 1.165) is 54.3 Å². The molecule has 1 fully saturated rings. The molecule has 0 bridgehead atoms. The normalized spacial score (nSPS) is 14.5. The minimum atomic E-state index is -1.14. The quantitative estimate of drug-likeness (QED) is 0.0311. The molecule has 0 aromatic heterocycles. The molecule has 3 unspecified atom stereocenters. The third-order valence-corrected chi connectivity index (χ3v) is 9.66. The number of nitrogens with zero attached hydrogens (tertiary/aromatic N) is 3. The fraction of sp³-hybridized carbons (Fsp3) is 0.378. The van der Waals surface area contributed by atoms with Crippen LogP contribution in [0.4, 0.5) is 11.4 Å². The second-order valence-corrected chi connectivity index (χ2v) is 15.2. The highest BCUT2D eigenvalue weighted by molar-refractivity contribution is 6.09. The number of carboxylic acids is 1. The number of hydrazone groups is 1. The number of carbonyl (C=O) groups is 3. The van der Waals surface area contributed by atoms with Crippen LogP contribution in [0.2, 0.25) is 0 Å². The van der Waals surface area contributed by atoms with Crippen LogP contribution in [0.3, 0.4) is 0 Å². The Balaban J connectivity index is 0.000000624. The summed E-state index contributed by atoms with van der Waals surface area (Å²) in [6, 6.07) is 21.5. The number of amides is 2. The number of aromatic carboxylic acids is 1. The zero-order chi connectivity index (χ0) is 43.8. The largest absolute Gasteiger partial charge is 0.508 e. The number of rotatable bonds is 17. The number of benzene rings is 4. The number of anilines is 2. The van der Waals surface area contributed by atoms with Crippen LogP contribution in [0, 0.1) is 13.8 Å². The van der Waals surface area contributed by atoms with Gasteiger partial charge in [-0.3, -0.25) is 14.5 Å². The molecule has 1 aliphatic rings. The average molecular weight is 827 g/mol. The molecule has 2 amide bonds. The Hall–Kier alpha value is -5.84. The minimum Gasteiger partial charge on any atom is -0.508 e. The van der Waals surface area contributed by atoms with Crippen LogP contribution in [-0.4, -0.2) is 117 Å². The lowest BCUT2D eigenvalue weighted by Crippen LogP contribution is -2.38. The summed E-state index contributed by atoms with van der Waals surface area (Å²) >= 11 is 0. The van der Waals surface area contributed by atoms with Crippen molar-refractivity contribution in [1.82, 2.24) is 15.2 Å². The lowest BCUT2D eigenvalue weighted by atomic mass is 10.1. The van der Waals surface area contributed by atoms with E-state index in [2.05, 4.69) is 20.7 Å². The van der Waals surface area contributed by atoms with Crippen LogP contribution in [0.15, 0.2) is 84.0 Å². The molecule has 60 heavy (non-hydrogen) atoms. The summed E-state index contributed by atoms with van der Waals surface area (Å²) in [4.78, 5) is 41.5. The number of aryl methyl sites for hydroxylation is 2. The van der Waals surface area contributed by atoms with E-state index in [9.17, 15) is 29.7 Å². The number of aliphatic hydroxyl groups is 3. The van der Waals surface area contributed by atoms with Crippen molar-refractivity contribution in [3.05, 3.63) is 118 Å². The van der Waals surface area contributed by atoms with Gasteiger partial charge in [0.05, 0.1) is 35.2 Å². The smallest absolute Gasteiger partial charge is 0.337 e. The first-order valence-electron chi connectivity index (χ1n) is 20.0. The SMILES string of the molecule is Cc1ccc(C=NNC(=O)c2cc(OCC(O)CN3CCCCC3)ccc2NC(=O)c2cccc(CN(CC(C)O)CC(C)O)c2)cc1C.Nc1ccc(O)cc1C(=O)O. The molecule has 1 aliphatic heterocycles. The lowest BCUT2D eigenvalue weighted by molar-refractivity contribution is 0.0617. The number of nitrogen functional groups attached to an aromatic ring is 1. The van der Waals surface area contributed by atoms with Gasteiger partial charge in [0.2, 0.25) is 0 Å². The standard InChI is InChI=1S/C38H51N5O6.C7H7NO3/c1-26-11-12-30(17-27(26)2)20-39-41-38(48)35-19-34(49-25-33(46)24-42-15-6-5-7-16-42)13-14-36(35)40-37(47)32-10-8-9-31(18-32)23-43(21-28(3)44)22-29(4)45;8-6-2-1-4(9)3-5(6)7(10)11/h8-14,17-20,28-29,33,44-46H,5-7,15-16,21-25H2,1-4H3,(H,40,47)(H,41,48);1-3,9H,8H2,(H,10,11).